The van der Waals surface area contributed by atoms with Crippen molar-refractivity contribution in [1.82, 2.24) is 5.16 Å². The number of hydrogen-bond acceptors (Lipinski definition) is 3. The van der Waals surface area contributed by atoms with Gasteiger partial charge in [0.25, 0.3) is 0 Å². The molecule has 2 aromatic rings. The summed E-state index contributed by atoms with van der Waals surface area (Å²) >= 11 is 0. The van der Waals surface area contributed by atoms with Gasteiger partial charge < -0.3 is 10.3 Å². The van der Waals surface area contributed by atoms with Crippen LogP contribution in [0.3, 0.4) is 0 Å². The number of hydrogen-bond donors (Lipinski definition) is 1. The van der Waals surface area contributed by atoms with Gasteiger partial charge in [0.15, 0.2) is 0 Å². The van der Waals surface area contributed by atoms with E-state index in [2.05, 4.69) is 24.2 Å². The predicted molar refractivity (Wildman–Crippen MR) is 66.6 cm³/mol. The highest BCUT2D eigenvalue weighted by atomic mass is 35.5. The van der Waals surface area contributed by atoms with Gasteiger partial charge in [-0.1, -0.05) is 35.0 Å². The maximum absolute atomic E-state index is 5.66. The van der Waals surface area contributed by atoms with Crippen molar-refractivity contribution in [1.29, 1.82) is 0 Å². The average Bonchev–Trinajstić information content (AvgIpc) is 2.61. The topological polar surface area (TPSA) is 52.0 Å². The summed E-state index contributed by atoms with van der Waals surface area (Å²) in [5, 5.41) is 4.03. The van der Waals surface area contributed by atoms with Gasteiger partial charge in [-0.05, 0) is 13.8 Å². The van der Waals surface area contributed by atoms with E-state index in [4.69, 9.17) is 10.3 Å². The van der Waals surface area contributed by atoms with Crippen LogP contribution in [0.2, 0.25) is 0 Å². The number of nitrogens with zero attached hydrogens (tertiary/aromatic N) is 1. The Labute approximate surface area is 101 Å². The first-order valence-corrected chi connectivity index (χ1v) is 4.94. The van der Waals surface area contributed by atoms with Gasteiger partial charge in [-0.2, -0.15) is 0 Å². The second kappa shape index (κ2) is 5.14. The Kier molecular flexibility index (Phi) is 4.10. The van der Waals surface area contributed by atoms with Crippen molar-refractivity contribution in [3.63, 3.8) is 0 Å². The summed E-state index contributed by atoms with van der Waals surface area (Å²) in [6.45, 7) is 4.40. The van der Waals surface area contributed by atoms with Crippen molar-refractivity contribution in [3.8, 4) is 11.3 Å². The lowest BCUT2D eigenvalue weighted by Gasteiger charge is -1.99. The van der Waals surface area contributed by atoms with Gasteiger partial charge in [0.05, 0.1) is 0 Å². The Balaban J connectivity index is 0.00000128. The molecule has 0 saturated carbocycles. The molecule has 0 aliphatic rings. The highest BCUT2D eigenvalue weighted by molar-refractivity contribution is 5.85. The zero-order valence-electron chi connectivity index (χ0n) is 9.36. The van der Waals surface area contributed by atoms with E-state index in [0.717, 1.165) is 22.6 Å². The van der Waals surface area contributed by atoms with Gasteiger partial charge in [0.1, 0.15) is 11.5 Å². The van der Waals surface area contributed by atoms with Gasteiger partial charge >= 0.3 is 0 Å². The Morgan fingerprint density at radius 3 is 2.38 bits per heavy atom. The molecule has 1 aromatic carbocycles. The van der Waals surface area contributed by atoms with Crippen LogP contribution < -0.4 is 5.73 Å². The molecule has 3 nitrogen and oxygen atoms in total. The second-order valence-corrected chi connectivity index (χ2v) is 3.64. The minimum atomic E-state index is 0. The summed E-state index contributed by atoms with van der Waals surface area (Å²) in [5.74, 6) is 0.799. The number of aromatic nitrogens is 1. The largest absolute Gasteiger partial charge is 0.361 e. The molecule has 0 spiro atoms. The maximum Gasteiger partial charge on any atom is 0.138 e. The molecule has 1 aromatic heterocycles. The third-order valence-corrected chi connectivity index (χ3v) is 2.51. The third-order valence-electron chi connectivity index (χ3n) is 2.51. The molecule has 0 fully saturated rings. The smallest absolute Gasteiger partial charge is 0.138 e. The van der Waals surface area contributed by atoms with Crippen LogP contribution in [0.15, 0.2) is 28.8 Å². The van der Waals surface area contributed by atoms with Gasteiger partial charge in [0.2, 0.25) is 0 Å². The molecule has 0 radical (unpaired) electrons. The summed E-state index contributed by atoms with van der Waals surface area (Å²) in [5.41, 5.74) is 9.79. The molecule has 0 amide bonds. The number of nitrogens with two attached hydrogens (primary N) is 1. The monoisotopic (exact) mass is 238 g/mol. The summed E-state index contributed by atoms with van der Waals surface area (Å²) in [7, 11) is 0. The lowest BCUT2D eigenvalue weighted by Crippen LogP contribution is -1.98. The predicted octanol–water partition coefficient (Wildman–Crippen LogP) is 2.84. The lowest BCUT2D eigenvalue weighted by molar-refractivity contribution is 0.398. The molecule has 16 heavy (non-hydrogen) atoms. The minimum absolute atomic E-state index is 0. The second-order valence-electron chi connectivity index (χ2n) is 3.64. The number of benzene rings is 1. The van der Waals surface area contributed by atoms with Crippen molar-refractivity contribution in [2.45, 2.75) is 20.4 Å². The molecule has 4 heteroatoms. The Morgan fingerprint density at radius 2 is 1.81 bits per heavy atom. The molecule has 86 valence electrons. The molecule has 1 heterocycles. The normalized spacial score (nSPS) is 9.94. The molecule has 0 aliphatic heterocycles. The van der Waals surface area contributed by atoms with Crippen LogP contribution in [0, 0.1) is 13.8 Å². The number of aryl methyl sites for hydroxylation is 2. The quantitative estimate of drug-likeness (QED) is 0.875. The zero-order valence-corrected chi connectivity index (χ0v) is 10.2. The molecule has 0 atom stereocenters. The molecule has 0 unspecified atom stereocenters. The number of halogens is 1. The lowest BCUT2D eigenvalue weighted by atomic mass is 10.1. The van der Waals surface area contributed by atoms with E-state index in [1.807, 2.05) is 19.1 Å². The summed E-state index contributed by atoms with van der Waals surface area (Å²) in [6, 6.07) is 8.18. The molecular weight excluding hydrogens is 224 g/mol. The first-order valence-electron chi connectivity index (χ1n) is 4.94. The van der Waals surface area contributed by atoms with Gasteiger partial charge in [0, 0.05) is 17.7 Å². The maximum atomic E-state index is 5.66. The summed E-state index contributed by atoms with van der Waals surface area (Å²) in [6.07, 6.45) is 0. The standard InChI is InChI=1S/C12H14N2O.ClH/c1-8-3-5-10(6-4-8)12-11(7-13)9(2)15-14-12;/h3-6H,7,13H2,1-2H3;1H. The van der Waals surface area contributed by atoms with Crippen molar-refractivity contribution >= 4 is 12.4 Å². The Morgan fingerprint density at radius 1 is 1.19 bits per heavy atom. The van der Waals surface area contributed by atoms with E-state index in [1.54, 1.807) is 0 Å². The Bertz CT molecular complexity index is 462. The zero-order chi connectivity index (χ0) is 10.8. The van der Waals surface area contributed by atoms with Crippen LogP contribution in [0.4, 0.5) is 0 Å². The highest BCUT2D eigenvalue weighted by Gasteiger charge is 2.12. The van der Waals surface area contributed by atoms with Crippen LogP contribution in [0.1, 0.15) is 16.9 Å². The Hall–Kier alpha value is -1.32. The molecule has 0 bridgehead atoms. The minimum Gasteiger partial charge on any atom is -0.361 e. The van der Waals surface area contributed by atoms with E-state index >= 15 is 0 Å². The average molecular weight is 239 g/mol. The van der Waals surface area contributed by atoms with Crippen LogP contribution in [0.25, 0.3) is 11.3 Å². The molecule has 0 saturated heterocycles. The first-order chi connectivity index (χ1) is 7.22. The van der Waals surface area contributed by atoms with Crippen LogP contribution in [0.5, 0.6) is 0 Å². The van der Waals surface area contributed by atoms with Crippen LogP contribution in [-0.2, 0) is 6.54 Å². The van der Waals surface area contributed by atoms with E-state index < -0.39 is 0 Å². The fourth-order valence-corrected chi connectivity index (χ4v) is 1.57. The fraction of sp³-hybridized carbons (Fsp3) is 0.250. The summed E-state index contributed by atoms with van der Waals surface area (Å²) in [4.78, 5) is 0. The van der Waals surface area contributed by atoms with Gasteiger partial charge in [-0.15, -0.1) is 12.4 Å². The number of rotatable bonds is 2. The third kappa shape index (κ3) is 2.26. The van der Waals surface area contributed by atoms with Crippen molar-refractivity contribution in [2.75, 3.05) is 0 Å². The molecular formula is C12H15ClN2O. The van der Waals surface area contributed by atoms with Gasteiger partial charge in [-0.3, -0.25) is 0 Å². The van der Waals surface area contributed by atoms with E-state index in [9.17, 15) is 0 Å². The van der Waals surface area contributed by atoms with Gasteiger partial charge in [-0.25, -0.2) is 0 Å². The van der Waals surface area contributed by atoms with Crippen molar-refractivity contribution in [2.24, 2.45) is 5.73 Å². The van der Waals surface area contributed by atoms with E-state index in [0.29, 0.717) is 6.54 Å². The molecule has 2 rings (SSSR count). The van der Waals surface area contributed by atoms with Crippen molar-refractivity contribution < 1.29 is 4.52 Å². The molecule has 2 N–H and O–H groups in total. The van der Waals surface area contributed by atoms with Crippen LogP contribution >= 0.6 is 12.4 Å². The first kappa shape index (κ1) is 12.7. The fourth-order valence-electron chi connectivity index (χ4n) is 1.57. The highest BCUT2D eigenvalue weighted by Crippen LogP contribution is 2.24. The van der Waals surface area contributed by atoms with E-state index in [-0.39, 0.29) is 12.4 Å². The summed E-state index contributed by atoms with van der Waals surface area (Å²) < 4.78 is 5.14. The van der Waals surface area contributed by atoms with Crippen LogP contribution in [-0.4, -0.2) is 5.16 Å². The van der Waals surface area contributed by atoms with Crippen molar-refractivity contribution in [3.05, 3.63) is 41.2 Å². The molecule has 0 aliphatic carbocycles. The van der Waals surface area contributed by atoms with E-state index in [1.165, 1.54) is 5.56 Å². The SMILES string of the molecule is Cc1ccc(-c2noc(C)c2CN)cc1.Cl.